The zero-order valence-electron chi connectivity index (χ0n) is 10.8. The second-order valence-electron chi connectivity index (χ2n) is 4.92. The standard InChI is InChI=1S/C14H16FN3O/c1-19-9-10-2-4-12-6-14(17-18(12)8-10)13-5-3-11(15)7-16-13/h3,5-7,10H,2,4,8-9H2,1H3. The number of pyridine rings is 1. The summed E-state index contributed by atoms with van der Waals surface area (Å²) in [5.41, 5.74) is 2.74. The van der Waals surface area contributed by atoms with Gasteiger partial charge in [0.05, 0.1) is 18.5 Å². The Bertz CT molecular complexity index is 565. The molecule has 4 nitrogen and oxygen atoms in total. The average molecular weight is 261 g/mol. The predicted octanol–water partition coefficient (Wildman–Crippen LogP) is 2.29. The second-order valence-corrected chi connectivity index (χ2v) is 4.92. The molecule has 1 unspecified atom stereocenters. The molecule has 0 saturated heterocycles. The monoisotopic (exact) mass is 261 g/mol. The Morgan fingerprint density at radius 1 is 1.42 bits per heavy atom. The van der Waals surface area contributed by atoms with Crippen LogP contribution < -0.4 is 0 Å². The maximum atomic E-state index is 12.9. The lowest BCUT2D eigenvalue weighted by molar-refractivity contribution is 0.129. The predicted molar refractivity (Wildman–Crippen MR) is 69.1 cm³/mol. The number of methoxy groups -OCH3 is 1. The number of hydrogen-bond acceptors (Lipinski definition) is 3. The minimum Gasteiger partial charge on any atom is -0.384 e. The molecule has 3 rings (SSSR count). The normalized spacial score (nSPS) is 18.3. The van der Waals surface area contributed by atoms with E-state index in [4.69, 9.17) is 4.74 Å². The lowest BCUT2D eigenvalue weighted by atomic mass is 9.99. The first-order valence-electron chi connectivity index (χ1n) is 6.44. The molecular formula is C14H16FN3O. The van der Waals surface area contributed by atoms with Gasteiger partial charge in [0, 0.05) is 25.3 Å². The number of hydrogen-bond donors (Lipinski definition) is 0. The Hall–Kier alpha value is -1.75. The molecule has 19 heavy (non-hydrogen) atoms. The van der Waals surface area contributed by atoms with Crippen LogP contribution in [0.25, 0.3) is 11.4 Å². The van der Waals surface area contributed by atoms with Crippen molar-refractivity contribution in [3.8, 4) is 11.4 Å². The average Bonchev–Trinajstić information content (AvgIpc) is 2.83. The fraction of sp³-hybridized carbons (Fsp3) is 0.429. The quantitative estimate of drug-likeness (QED) is 0.851. The molecule has 1 atom stereocenters. The van der Waals surface area contributed by atoms with E-state index in [1.165, 1.54) is 18.0 Å². The Morgan fingerprint density at radius 3 is 3.05 bits per heavy atom. The van der Waals surface area contributed by atoms with Crippen LogP contribution in [0.5, 0.6) is 0 Å². The van der Waals surface area contributed by atoms with E-state index < -0.39 is 0 Å². The van der Waals surface area contributed by atoms with Crippen LogP contribution >= 0.6 is 0 Å². The third-order valence-corrected chi connectivity index (χ3v) is 3.50. The molecule has 3 heterocycles. The molecule has 0 saturated carbocycles. The Labute approximate surface area is 111 Å². The molecule has 0 radical (unpaired) electrons. The van der Waals surface area contributed by atoms with E-state index in [1.807, 2.05) is 10.7 Å². The summed E-state index contributed by atoms with van der Waals surface area (Å²) in [4.78, 5) is 4.07. The molecule has 2 aromatic rings. The number of ether oxygens (including phenoxy) is 1. The largest absolute Gasteiger partial charge is 0.384 e. The Balaban J connectivity index is 1.85. The van der Waals surface area contributed by atoms with E-state index in [1.54, 1.807) is 13.2 Å². The van der Waals surface area contributed by atoms with E-state index in [0.29, 0.717) is 11.6 Å². The summed E-state index contributed by atoms with van der Waals surface area (Å²) >= 11 is 0. The zero-order chi connectivity index (χ0) is 13.2. The summed E-state index contributed by atoms with van der Waals surface area (Å²) in [7, 11) is 1.73. The second kappa shape index (κ2) is 5.09. The number of rotatable bonds is 3. The lowest BCUT2D eigenvalue weighted by Crippen LogP contribution is -2.24. The van der Waals surface area contributed by atoms with Gasteiger partial charge in [-0.05, 0) is 31.0 Å². The molecule has 2 aromatic heterocycles. The van der Waals surface area contributed by atoms with Crippen LogP contribution in [0.15, 0.2) is 24.4 Å². The van der Waals surface area contributed by atoms with Crippen molar-refractivity contribution >= 4 is 0 Å². The molecule has 0 aromatic carbocycles. The molecule has 5 heteroatoms. The number of aryl methyl sites for hydroxylation is 1. The zero-order valence-corrected chi connectivity index (χ0v) is 10.8. The molecule has 0 spiro atoms. The van der Waals surface area contributed by atoms with Crippen molar-refractivity contribution in [1.82, 2.24) is 14.8 Å². The molecule has 0 fully saturated rings. The third-order valence-electron chi connectivity index (χ3n) is 3.50. The van der Waals surface area contributed by atoms with Crippen LogP contribution in [0.4, 0.5) is 4.39 Å². The SMILES string of the molecule is COCC1CCc2cc(-c3ccc(F)cn3)nn2C1. The lowest BCUT2D eigenvalue weighted by Gasteiger charge is -2.22. The molecule has 0 amide bonds. The van der Waals surface area contributed by atoms with E-state index >= 15 is 0 Å². The van der Waals surface area contributed by atoms with Crippen molar-refractivity contribution in [2.75, 3.05) is 13.7 Å². The van der Waals surface area contributed by atoms with Gasteiger partial charge in [-0.15, -0.1) is 0 Å². The van der Waals surface area contributed by atoms with E-state index in [0.717, 1.165) is 31.7 Å². The van der Waals surface area contributed by atoms with Gasteiger partial charge in [-0.1, -0.05) is 0 Å². The number of halogens is 1. The van der Waals surface area contributed by atoms with E-state index in [2.05, 4.69) is 10.1 Å². The van der Waals surface area contributed by atoms with Crippen LogP contribution in [-0.4, -0.2) is 28.5 Å². The van der Waals surface area contributed by atoms with Gasteiger partial charge in [-0.3, -0.25) is 9.67 Å². The highest BCUT2D eigenvalue weighted by Gasteiger charge is 2.20. The molecular weight excluding hydrogens is 245 g/mol. The summed E-state index contributed by atoms with van der Waals surface area (Å²) in [5.74, 6) is 0.194. The number of nitrogens with zero attached hydrogens (tertiary/aromatic N) is 3. The van der Waals surface area contributed by atoms with Crippen molar-refractivity contribution in [3.63, 3.8) is 0 Å². The summed E-state index contributed by atoms with van der Waals surface area (Å²) in [6, 6.07) is 5.12. The van der Waals surface area contributed by atoms with Crippen molar-refractivity contribution < 1.29 is 9.13 Å². The topological polar surface area (TPSA) is 39.9 Å². The summed E-state index contributed by atoms with van der Waals surface area (Å²) in [6.45, 7) is 1.65. The van der Waals surface area contributed by atoms with Gasteiger partial charge >= 0.3 is 0 Å². The summed E-state index contributed by atoms with van der Waals surface area (Å²) in [5, 5.41) is 4.56. The maximum absolute atomic E-state index is 12.9. The number of fused-ring (bicyclic) bond motifs is 1. The third kappa shape index (κ3) is 2.51. The van der Waals surface area contributed by atoms with Gasteiger partial charge in [0.25, 0.3) is 0 Å². The molecule has 0 aliphatic carbocycles. The minimum atomic E-state index is -0.326. The first-order chi connectivity index (χ1) is 9.26. The van der Waals surface area contributed by atoms with Crippen LogP contribution in [0.3, 0.4) is 0 Å². The van der Waals surface area contributed by atoms with Gasteiger partial charge in [-0.2, -0.15) is 5.10 Å². The first-order valence-corrected chi connectivity index (χ1v) is 6.44. The Kier molecular flexibility index (Phi) is 3.29. The van der Waals surface area contributed by atoms with Gasteiger partial charge in [0.1, 0.15) is 11.5 Å². The maximum Gasteiger partial charge on any atom is 0.141 e. The molecule has 0 N–H and O–H groups in total. The highest BCUT2D eigenvalue weighted by atomic mass is 19.1. The van der Waals surface area contributed by atoms with Gasteiger partial charge in [0.2, 0.25) is 0 Å². The molecule has 0 bridgehead atoms. The van der Waals surface area contributed by atoms with Crippen LogP contribution in [-0.2, 0) is 17.7 Å². The molecule has 1 aliphatic heterocycles. The minimum absolute atomic E-state index is 0.326. The number of aromatic nitrogens is 3. The smallest absolute Gasteiger partial charge is 0.141 e. The fourth-order valence-corrected chi connectivity index (χ4v) is 2.53. The van der Waals surface area contributed by atoms with Gasteiger partial charge in [-0.25, -0.2) is 4.39 Å². The highest BCUT2D eigenvalue weighted by molar-refractivity contribution is 5.54. The van der Waals surface area contributed by atoms with E-state index in [9.17, 15) is 4.39 Å². The summed E-state index contributed by atoms with van der Waals surface area (Å²) in [6.07, 6.45) is 3.35. The van der Waals surface area contributed by atoms with Crippen LogP contribution in [0.1, 0.15) is 12.1 Å². The molecule has 100 valence electrons. The van der Waals surface area contributed by atoms with Crippen LogP contribution in [0.2, 0.25) is 0 Å². The van der Waals surface area contributed by atoms with Gasteiger partial charge in [0.15, 0.2) is 0 Å². The van der Waals surface area contributed by atoms with E-state index in [-0.39, 0.29) is 5.82 Å². The summed E-state index contributed by atoms with van der Waals surface area (Å²) < 4.78 is 20.1. The van der Waals surface area contributed by atoms with Crippen LogP contribution in [0, 0.1) is 11.7 Å². The van der Waals surface area contributed by atoms with Gasteiger partial charge < -0.3 is 4.74 Å². The van der Waals surface area contributed by atoms with Crippen molar-refractivity contribution in [1.29, 1.82) is 0 Å². The first kappa shape index (κ1) is 12.3. The Morgan fingerprint density at radius 2 is 2.32 bits per heavy atom. The fourth-order valence-electron chi connectivity index (χ4n) is 2.53. The van der Waals surface area contributed by atoms with Crippen molar-refractivity contribution in [2.24, 2.45) is 5.92 Å². The molecule has 1 aliphatic rings. The van der Waals surface area contributed by atoms with Crippen molar-refractivity contribution in [2.45, 2.75) is 19.4 Å². The van der Waals surface area contributed by atoms with Crippen molar-refractivity contribution in [3.05, 3.63) is 35.9 Å². The highest BCUT2D eigenvalue weighted by Crippen LogP contribution is 2.24.